The Labute approximate surface area is 161 Å². The standard InChI is InChI=1S/C21H23N3O4/c22-15-18(25)16(23)20(27)17(19(15)26)24-21(28)14-12-7-3-1-5-10(12)9-11-6-2-4-8-13(11)14/h1-9,15-20,25-27H,22-23H2,(H,24,28)/t15-,16+,17?,18?,19-,20+. The Bertz CT molecular complexity index is 971. The van der Waals surface area contributed by atoms with Gasteiger partial charge in [-0.1, -0.05) is 48.5 Å². The van der Waals surface area contributed by atoms with Crippen molar-refractivity contribution in [3.8, 4) is 0 Å². The van der Waals surface area contributed by atoms with Crippen molar-refractivity contribution in [2.45, 2.75) is 36.4 Å². The Balaban J connectivity index is 1.78. The van der Waals surface area contributed by atoms with Crippen LogP contribution in [0.15, 0.2) is 54.6 Å². The lowest BCUT2D eigenvalue weighted by Crippen LogP contribution is -2.72. The molecule has 0 spiro atoms. The molecule has 1 aliphatic carbocycles. The van der Waals surface area contributed by atoms with Crippen LogP contribution in [0, 0.1) is 0 Å². The molecule has 28 heavy (non-hydrogen) atoms. The topological polar surface area (TPSA) is 142 Å². The molecular weight excluding hydrogens is 358 g/mol. The molecule has 3 aromatic carbocycles. The van der Waals surface area contributed by atoms with Gasteiger partial charge in [-0.2, -0.15) is 0 Å². The molecule has 0 heterocycles. The van der Waals surface area contributed by atoms with E-state index in [0.717, 1.165) is 21.5 Å². The van der Waals surface area contributed by atoms with E-state index in [4.69, 9.17) is 11.5 Å². The van der Waals surface area contributed by atoms with Crippen molar-refractivity contribution in [1.82, 2.24) is 5.32 Å². The summed E-state index contributed by atoms with van der Waals surface area (Å²) in [5.74, 6) is -0.452. The third-order valence-corrected chi connectivity index (χ3v) is 5.61. The van der Waals surface area contributed by atoms with Gasteiger partial charge in [-0.15, -0.1) is 0 Å². The van der Waals surface area contributed by atoms with Gasteiger partial charge in [0.1, 0.15) is 0 Å². The molecule has 6 atom stereocenters. The van der Waals surface area contributed by atoms with Gasteiger partial charge in [0.05, 0.1) is 42.0 Å². The highest BCUT2D eigenvalue weighted by atomic mass is 16.3. The Morgan fingerprint density at radius 2 is 1.25 bits per heavy atom. The third-order valence-electron chi connectivity index (χ3n) is 5.61. The van der Waals surface area contributed by atoms with E-state index in [1.54, 1.807) is 0 Å². The molecule has 1 amide bonds. The normalized spacial score (nSPS) is 30.5. The molecule has 1 fully saturated rings. The second-order valence-corrected chi connectivity index (χ2v) is 7.32. The average molecular weight is 381 g/mol. The number of amides is 1. The van der Waals surface area contributed by atoms with Crippen molar-refractivity contribution in [2.24, 2.45) is 11.5 Å². The molecule has 0 bridgehead atoms. The molecule has 146 valence electrons. The Morgan fingerprint density at radius 3 is 1.75 bits per heavy atom. The van der Waals surface area contributed by atoms with E-state index in [0.29, 0.717) is 5.56 Å². The van der Waals surface area contributed by atoms with Crippen molar-refractivity contribution >= 4 is 27.5 Å². The lowest BCUT2D eigenvalue weighted by molar-refractivity contribution is -0.0773. The summed E-state index contributed by atoms with van der Waals surface area (Å²) in [5, 5.41) is 36.8. The van der Waals surface area contributed by atoms with Crippen LogP contribution in [0.3, 0.4) is 0 Å². The van der Waals surface area contributed by atoms with Gasteiger partial charge >= 0.3 is 0 Å². The van der Waals surface area contributed by atoms with Crippen molar-refractivity contribution in [3.63, 3.8) is 0 Å². The summed E-state index contributed by atoms with van der Waals surface area (Å²) >= 11 is 0. The summed E-state index contributed by atoms with van der Waals surface area (Å²) in [5.41, 5.74) is 12.1. The molecule has 7 nitrogen and oxygen atoms in total. The maximum absolute atomic E-state index is 13.2. The monoisotopic (exact) mass is 381 g/mol. The minimum atomic E-state index is -1.34. The smallest absolute Gasteiger partial charge is 0.252 e. The lowest BCUT2D eigenvalue weighted by Gasteiger charge is -2.43. The highest BCUT2D eigenvalue weighted by Crippen LogP contribution is 2.29. The number of benzene rings is 3. The molecule has 0 saturated heterocycles. The first-order chi connectivity index (χ1) is 13.4. The van der Waals surface area contributed by atoms with Gasteiger partial charge < -0.3 is 32.1 Å². The molecule has 8 N–H and O–H groups in total. The number of rotatable bonds is 2. The molecule has 0 radical (unpaired) electrons. The second kappa shape index (κ2) is 7.12. The average Bonchev–Trinajstić information content (AvgIpc) is 2.72. The van der Waals surface area contributed by atoms with Gasteiger partial charge in [-0.05, 0) is 27.6 Å². The summed E-state index contributed by atoms with van der Waals surface area (Å²) in [6, 6.07) is 13.8. The van der Waals surface area contributed by atoms with E-state index in [2.05, 4.69) is 5.32 Å². The second-order valence-electron chi connectivity index (χ2n) is 7.32. The van der Waals surface area contributed by atoms with Gasteiger partial charge in [-0.3, -0.25) is 4.79 Å². The van der Waals surface area contributed by atoms with Gasteiger partial charge in [0.15, 0.2) is 0 Å². The zero-order chi connectivity index (χ0) is 20.0. The van der Waals surface area contributed by atoms with E-state index in [1.165, 1.54) is 0 Å². The first-order valence-electron chi connectivity index (χ1n) is 9.17. The number of carbonyl (C=O) groups excluding carboxylic acids is 1. The number of carbonyl (C=O) groups is 1. The number of hydrogen-bond acceptors (Lipinski definition) is 6. The predicted octanol–water partition coefficient (Wildman–Crippen LogP) is -0.158. The van der Waals surface area contributed by atoms with E-state index in [1.807, 2.05) is 54.6 Å². The van der Waals surface area contributed by atoms with Crippen LogP contribution in [0.25, 0.3) is 21.5 Å². The molecular formula is C21H23N3O4. The maximum Gasteiger partial charge on any atom is 0.252 e. The van der Waals surface area contributed by atoms with Crippen molar-refractivity contribution in [3.05, 3.63) is 60.2 Å². The number of nitrogens with one attached hydrogen (secondary N) is 1. The summed E-state index contributed by atoms with van der Waals surface area (Å²) in [4.78, 5) is 13.2. The van der Waals surface area contributed by atoms with Crippen LogP contribution in [0.4, 0.5) is 0 Å². The first kappa shape index (κ1) is 18.8. The zero-order valence-electron chi connectivity index (χ0n) is 15.1. The van der Waals surface area contributed by atoms with Crippen LogP contribution in [0.1, 0.15) is 10.4 Å². The molecule has 1 saturated carbocycles. The summed E-state index contributed by atoms with van der Waals surface area (Å²) in [6.07, 6.45) is -3.94. The van der Waals surface area contributed by atoms with Gasteiger partial charge in [0.2, 0.25) is 0 Å². The summed E-state index contributed by atoms with van der Waals surface area (Å²) < 4.78 is 0. The van der Waals surface area contributed by atoms with Crippen LogP contribution in [-0.4, -0.2) is 57.7 Å². The van der Waals surface area contributed by atoms with Crippen LogP contribution >= 0.6 is 0 Å². The molecule has 7 heteroatoms. The maximum atomic E-state index is 13.2. The third kappa shape index (κ3) is 2.94. The van der Waals surface area contributed by atoms with Gasteiger partial charge in [0.25, 0.3) is 5.91 Å². The van der Waals surface area contributed by atoms with Crippen molar-refractivity contribution in [1.29, 1.82) is 0 Å². The zero-order valence-corrected chi connectivity index (χ0v) is 15.1. The highest BCUT2D eigenvalue weighted by Gasteiger charge is 2.47. The number of aliphatic hydroxyl groups excluding tert-OH is 3. The Hall–Kier alpha value is -2.55. The summed E-state index contributed by atoms with van der Waals surface area (Å²) in [6.45, 7) is 0. The molecule has 0 aromatic heterocycles. The molecule has 3 aromatic rings. The number of fused-ring (bicyclic) bond motifs is 2. The van der Waals surface area contributed by atoms with Crippen LogP contribution in [0.2, 0.25) is 0 Å². The van der Waals surface area contributed by atoms with Crippen LogP contribution in [-0.2, 0) is 0 Å². The van der Waals surface area contributed by atoms with Crippen molar-refractivity contribution < 1.29 is 20.1 Å². The van der Waals surface area contributed by atoms with E-state index in [9.17, 15) is 20.1 Å². The quantitative estimate of drug-likeness (QED) is 0.341. The van der Waals surface area contributed by atoms with Crippen LogP contribution < -0.4 is 16.8 Å². The molecule has 1 aliphatic rings. The fraction of sp³-hybridized carbons (Fsp3) is 0.286. The minimum absolute atomic E-state index is 0.446. The Kier molecular flexibility index (Phi) is 4.78. The molecule has 4 rings (SSSR count). The summed E-state index contributed by atoms with van der Waals surface area (Å²) in [7, 11) is 0. The first-order valence-corrected chi connectivity index (χ1v) is 9.17. The van der Waals surface area contributed by atoms with Gasteiger partial charge in [0, 0.05) is 0 Å². The van der Waals surface area contributed by atoms with Gasteiger partial charge in [-0.25, -0.2) is 0 Å². The highest BCUT2D eigenvalue weighted by molar-refractivity contribution is 6.18. The molecule has 2 unspecified atom stereocenters. The lowest BCUT2D eigenvalue weighted by atomic mass is 9.80. The fourth-order valence-electron chi connectivity index (χ4n) is 3.99. The van der Waals surface area contributed by atoms with E-state index < -0.39 is 42.3 Å². The largest absolute Gasteiger partial charge is 0.390 e. The predicted molar refractivity (Wildman–Crippen MR) is 107 cm³/mol. The number of nitrogens with two attached hydrogens (primary N) is 2. The van der Waals surface area contributed by atoms with E-state index in [-0.39, 0.29) is 0 Å². The fourth-order valence-corrected chi connectivity index (χ4v) is 3.99. The number of hydrogen-bond donors (Lipinski definition) is 6. The number of aliphatic hydroxyl groups is 3. The molecule has 0 aliphatic heterocycles. The SMILES string of the molecule is N[C@@H]1C(O)[C@H](N)[C@H](O)C(NC(=O)c2c3ccccc3cc3ccccc23)[C@@H]1O. The minimum Gasteiger partial charge on any atom is -0.390 e. The van der Waals surface area contributed by atoms with E-state index >= 15 is 0 Å². The van der Waals surface area contributed by atoms with Crippen LogP contribution in [0.5, 0.6) is 0 Å². The Morgan fingerprint density at radius 1 is 0.786 bits per heavy atom. The van der Waals surface area contributed by atoms with Crippen molar-refractivity contribution in [2.75, 3.05) is 0 Å².